The van der Waals surface area contributed by atoms with Crippen LogP contribution >= 0.6 is 12.4 Å². The van der Waals surface area contributed by atoms with Gasteiger partial charge >= 0.3 is 0 Å². The fraction of sp³-hybridized carbons (Fsp3) is 0.500. The first kappa shape index (κ1) is 16.9. The smallest absolute Gasteiger partial charge is 0.230 e. The molecule has 18 heavy (non-hydrogen) atoms. The molecule has 0 aromatic heterocycles. The first-order valence-electron chi connectivity index (χ1n) is 6.05. The number of anilines is 1. The molecule has 1 aromatic carbocycles. The van der Waals surface area contributed by atoms with Crippen molar-refractivity contribution in [3.8, 4) is 0 Å². The third-order valence-corrected chi connectivity index (χ3v) is 3.05. The van der Waals surface area contributed by atoms with E-state index in [9.17, 15) is 4.79 Å². The monoisotopic (exact) mass is 270 g/mol. The Labute approximate surface area is 116 Å². The maximum Gasteiger partial charge on any atom is 0.230 e. The average molecular weight is 271 g/mol. The first-order chi connectivity index (χ1) is 7.97. The molecule has 0 aliphatic rings. The average Bonchev–Trinajstić information content (AvgIpc) is 2.36. The summed E-state index contributed by atoms with van der Waals surface area (Å²) in [5, 5.41) is 0. The zero-order valence-electron chi connectivity index (χ0n) is 11.5. The molecule has 2 N–H and O–H groups in total. The molecule has 4 heteroatoms. The predicted octanol–water partition coefficient (Wildman–Crippen LogP) is 2.79. The lowest BCUT2D eigenvalue weighted by atomic mass is 10.0. The minimum absolute atomic E-state index is 0. The molecule has 0 saturated carbocycles. The Morgan fingerprint density at radius 1 is 1.22 bits per heavy atom. The van der Waals surface area contributed by atoms with Crippen molar-refractivity contribution in [3.63, 3.8) is 0 Å². The SMILES string of the molecule is CC(CN)C(=O)N(C)c1ccc(C(C)C)cc1.Cl. The number of carbonyl (C=O) groups excluding carboxylic acids is 1. The maximum atomic E-state index is 11.9. The number of benzene rings is 1. The van der Waals surface area contributed by atoms with Crippen LogP contribution in [0.5, 0.6) is 0 Å². The molecule has 0 saturated heterocycles. The van der Waals surface area contributed by atoms with Gasteiger partial charge in [0, 0.05) is 25.2 Å². The van der Waals surface area contributed by atoms with Crippen LogP contribution in [0.3, 0.4) is 0 Å². The highest BCUT2D eigenvalue weighted by molar-refractivity contribution is 5.94. The number of rotatable bonds is 4. The molecular formula is C14H23ClN2O. The highest BCUT2D eigenvalue weighted by Crippen LogP contribution is 2.20. The highest BCUT2D eigenvalue weighted by atomic mass is 35.5. The molecule has 1 unspecified atom stereocenters. The Bertz CT molecular complexity index is 376. The molecule has 102 valence electrons. The second-order valence-corrected chi connectivity index (χ2v) is 4.78. The molecule has 0 aliphatic heterocycles. The molecule has 1 rings (SSSR count). The van der Waals surface area contributed by atoms with E-state index in [0.29, 0.717) is 12.5 Å². The largest absolute Gasteiger partial charge is 0.330 e. The molecular weight excluding hydrogens is 248 g/mol. The lowest BCUT2D eigenvalue weighted by Crippen LogP contribution is -2.35. The van der Waals surface area contributed by atoms with Crippen molar-refractivity contribution in [1.29, 1.82) is 0 Å². The standard InChI is InChI=1S/C14H22N2O.ClH/c1-10(2)12-5-7-13(8-6-12)16(4)14(17)11(3)9-15;/h5-8,10-11H,9,15H2,1-4H3;1H. The van der Waals surface area contributed by atoms with Crippen molar-refractivity contribution < 1.29 is 4.79 Å². The van der Waals surface area contributed by atoms with E-state index in [2.05, 4.69) is 26.0 Å². The van der Waals surface area contributed by atoms with Gasteiger partial charge in [-0.1, -0.05) is 32.9 Å². The van der Waals surface area contributed by atoms with Crippen LogP contribution in [0.15, 0.2) is 24.3 Å². The zero-order valence-corrected chi connectivity index (χ0v) is 12.3. The summed E-state index contributed by atoms with van der Waals surface area (Å²) in [7, 11) is 1.79. The first-order valence-corrected chi connectivity index (χ1v) is 6.05. The summed E-state index contributed by atoms with van der Waals surface area (Å²) in [6.07, 6.45) is 0. The van der Waals surface area contributed by atoms with Crippen molar-refractivity contribution in [3.05, 3.63) is 29.8 Å². The van der Waals surface area contributed by atoms with Crippen LogP contribution in [-0.4, -0.2) is 19.5 Å². The van der Waals surface area contributed by atoms with Crippen molar-refractivity contribution in [2.24, 2.45) is 11.7 Å². The molecule has 1 aromatic rings. The Morgan fingerprint density at radius 3 is 2.11 bits per heavy atom. The van der Waals surface area contributed by atoms with Crippen LogP contribution in [0.1, 0.15) is 32.3 Å². The van der Waals surface area contributed by atoms with Gasteiger partial charge in [-0.05, 0) is 23.6 Å². The Balaban J connectivity index is 0.00000289. The minimum atomic E-state index is -0.134. The molecule has 0 radical (unpaired) electrons. The predicted molar refractivity (Wildman–Crippen MR) is 79.4 cm³/mol. The zero-order chi connectivity index (χ0) is 13.0. The number of hydrogen-bond donors (Lipinski definition) is 1. The van der Waals surface area contributed by atoms with E-state index >= 15 is 0 Å². The number of hydrogen-bond acceptors (Lipinski definition) is 2. The van der Waals surface area contributed by atoms with Crippen molar-refractivity contribution in [2.45, 2.75) is 26.7 Å². The third kappa shape index (κ3) is 4.00. The molecule has 0 heterocycles. The second-order valence-electron chi connectivity index (χ2n) is 4.78. The van der Waals surface area contributed by atoms with Gasteiger partial charge < -0.3 is 10.6 Å². The summed E-state index contributed by atoms with van der Waals surface area (Å²) in [6, 6.07) is 8.10. The molecule has 1 amide bonds. The number of nitrogens with zero attached hydrogens (tertiary/aromatic N) is 1. The molecule has 0 fully saturated rings. The van der Waals surface area contributed by atoms with Gasteiger partial charge in [0.1, 0.15) is 0 Å². The van der Waals surface area contributed by atoms with Gasteiger partial charge in [-0.3, -0.25) is 4.79 Å². The fourth-order valence-electron chi connectivity index (χ4n) is 1.64. The van der Waals surface area contributed by atoms with Crippen molar-refractivity contribution in [2.75, 3.05) is 18.5 Å². The fourth-order valence-corrected chi connectivity index (χ4v) is 1.64. The topological polar surface area (TPSA) is 46.3 Å². The van der Waals surface area contributed by atoms with Crippen LogP contribution < -0.4 is 10.6 Å². The van der Waals surface area contributed by atoms with Gasteiger partial charge in [-0.15, -0.1) is 12.4 Å². The lowest BCUT2D eigenvalue weighted by molar-refractivity contribution is -0.121. The van der Waals surface area contributed by atoms with Gasteiger partial charge in [0.2, 0.25) is 5.91 Å². The van der Waals surface area contributed by atoms with Gasteiger partial charge in [0.25, 0.3) is 0 Å². The molecule has 3 nitrogen and oxygen atoms in total. The Hall–Kier alpha value is -1.06. The minimum Gasteiger partial charge on any atom is -0.330 e. The number of halogens is 1. The van der Waals surface area contributed by atoms with Crippen LogP contribution in [0.4, 0.5) is 5.69 Å². The summed E-state index contributed by atoms with van der Waals surface area (Å²) in [5.74, 6) is 0.433. The van der Waals surface area contributed by atoms with Crippen LogP contribution in [0.2, 0.25) is 0 Å². The van der Waals surface area contributed by atoms with E-state index in [1.807, 2.05) is 19.1 Å². The van der Waals surface area contributed by atoms with E-state index in [-0.39, 0.29) is 24.2 Å². The summed E-state index contributed by atoms with van der Waals surface area (Å²) in [4.78, 5) is 13.6. The summed E-state index contributed by atoms with van der Waals surface area (Å²) in [6.45, 7) is 6.54. The van der Waals surface area contributed by atoms with E-state index < -0.39 is 0 Å². The number of carbonyl (C=O) groups is 1. The third-order valence-electron chi connectivity index (χ3n) is 3.05. The summed E-state index contributed by atoms with van der Waals surface area (Å²) < 4.78 is 0. The molecule has 0 bridgehead atoms. The maximum absolute atomic E-state index is 11.9. The highest BCUT2D eigenvalue weighted by Gasteiger charge is 2.17. The number of nitrogens with two attached hydrogens (primary N) is 1. The molecule has 0 aliphatic carbocycles. The van der Waals surface area contributed by atoms with E-state index in [4.69, 9.17) is 5.73 Å². The summed E-state index contributed by atoms with van der Waals surface area (Å²) in [5.41, 5.74) is 7.70. The van der Waals surface area contributed by atoms with E-state index in [0.717, 1.165) is 5.69 Å². The van der Waals surface area contributed by atoms with E-state index in [1.54, 1.807) is 11.9 Å². The molecule has 1 atom stereocenters. The van der Waals surface area contributed by atoms with Crippen LogP contribution in [0, 0.1) is 5.92 Å². The van der Waals surface area contributed by atoms with Gasteiger partial charge in [0.05, 0.1) is 0 Å². The quantitative estimate of drug-likeness (QED) is 0.914. The number of amides is 1. The van der Waals surface area contributed by atoms with Crippen molar-refractivity contribution >= 4 is 24.0 Å². The van der Waals surface area contributed by atoms with Crippen LogP contribution in [-0.2, 0) is 4.79 Å². The van der Waals surface area contributed by atoms with Crippen molar-refractivity contribution in [1.82, 2.24) is 0 Å². The van der Waals surface area contributed by atoms with Crippen LogP contribution in [0.25, 0.3) is 0 Å². The van der Waals surface area contributed by atoms with E-state index in [1.165, 1.54) is 5.56 Å². The lowest BCUT2D eigenvalue weighted by Gasteiger charge is -2.21. The second kappa shape index (κ2) is 7.39. The molecule has 0 spiro atoms. The van der Waals surface area contributed by atoms with Gasteiger partial charge in [-0.25, -0.2) is 0 Å². The van der Waals surface area contributed by atoms with Gasteiger partial charge in [0.15, 0.2) is 0 Å². The normalized spacial score (nSPS) is 11.9. The Kier molecular flexibility index (Phi) is 6.96. The van der Waals surface area contributed by atoms with Gasteiger partial charge in [-0.2, -0.15) is 0 Å². The Morgan fingerprint density at radius 2 is 1.72 bits per heavy atom. The summed E-state index contributed by atoms with van der Waals surface area (Å²) >= 11 is 0.